The van der Waals surface area contributed by atoms with Crippen LogP contribution in [0, 0.1) is 16.0 Å². The molecule has 1 N–H and O–H groups in total. The maximum atomic E-state index is 10.9. The molecular formula is C14H22N2O2. The summed E-state index contributed by atoms with van der Waals surface area (Å²) in [6.45, 7) is 6.48. The summed E-state index contributed by atoms with van der Waals surface area (Å²) in [6.07, 6.45) is 3.37. The average molecular weight is 250 g/mol. The average Bonchev–Trinajstić information content (AvgIpc) is 2.28. The van der Waals surface area contributed by atoms with Crippen LogP contribution in [0.4, 0.5) is 11.4 Å². The second kappa shape index (κ2) is 6.99. The summed E-state index contributed by atoms with van der Waals surface area (Å²) in [4.78, 5) is 10.5. The third-order valence-electron chi connectivity index (χ3n) is 2.92. The molecule has 1 rings (SSSR count). The Bertz CT molecular complexity index is 391. The molecule has 1 unspecified atom stereocenters. The summed E-state index contributed by atoms with van der Waals surface area (Å²) < 4.78 is 0. The van der Waals surface area contributed by atoms with Crippen LogP contribution in [-0.4, -0.2) is 11.0 Å². The van der Waals surface area contributed by atoms with Gasteiger partial charge in [0.15, 0.2) is 0 Å². The van der Waals surface area contributed by atoms with Crippen LogP contribution in [0.15, 0.2) is 24.3 Å². The molecule has 0 bridgehead atoms. The van der Waals surface area contributed by atoms with Crippen molar-refractivity contribution in [2.45, 2.75) is 46.1 Å². The van der Waals surface area contributed by atoms with E-state index in [1.165, 1.54) is 12.5 Å². The molecule has 1 aromatic rings. The summed E-state index contributed by atoms with van der Waals surface area (Å²) in [5, 5.41) is 14.1. The zero-order valence-corrected chi connectivity index (χ0v) is 11.3. The van der Waals surface area contributed by atoms with Gasteiger partial charge in [0.1, 0.15) is 5.69 Å². The van der Waals surface area contributed by atoms with E-state index in [4.69, 9.17) is 0 Å². The number of nitro benzene ring substituents is 1. The Morgan fingerprint density at radius 2 is 1.89 bits per heavy atom. The first kappa shape index (κ1) is 14.5. The standard InChI is InChI=1S/C14H22N2O2/c1-11(2)7-6-8-12(3)15-13-9-4-5-10-14(13)16(17)18/h4-5,9-12,15H,6-8H2,1-3H3. The van der Waals surface area contributed by atoms with E-state index in [0.29, 0.717) is 11.6 Å². The van der Waals surface area contributed by atoms with Crippen molar-refractivity contribution < 1.29 is 4.92 Å². The van der Waals surface area contributed by atoms with Crippen LogP contribution >= 0.6 is 0 Å². The second-order valence-corrected chi connectivity index (χ2v) is 5.14. The van der Waals surface area contributed by atoms with Gasteiger partial charge in [-0.15, -0.1) is 0 Å². The Labute approximate surface area is 109 Å². The first-order chi connectivity index (χ1) is 8.50. The van der Waals surface area contributed by atoms with Gasteiger partial charge in [-0.05, 0) is 25.3 Å². The van der Waals surface area contributed by atoms with E-state index in [2.05, 4.69) is 26.1 Å². The van der Waals surface area contributed by atoms with E-state index in [1.54, 1.807) is 12.1 Å². The molecule has 0 aliphatic carbocycles. The highest BCUT2D eigenvalue weighted by molar-refractivity contribution is 5.61. The lowest BCUT2D eigenvalue weighted by Crippen LogP contribution is -2.16. The van der Waals surface area contributed by atoms with Crippen LogP contribution in [-0.2, 0) is 0 Å². The Balaban J connectivity index is 2.53. The molecule has 1 aromatic carbocycles. The van der Waals surface area contributed by atoms with E-state index in [0.717, 1.165) is 12.8 Å². The summed E-state index contributed by atoms with van der Waals surface area (Å²) in [5.41, 5.74) is 0.757. The molecule has 0 spiro atoms. The van der Waals surface area contributed by atoms with Crippen LogP contribution in [0.2, 0.25) is 0 Å². The first-order valence-corrected chi connectivity index (χ1v) is 6.50. The number of rotatable bonds is 7. The van der Waals surface area contributed by atoms with Crippen LogP contribution in [0.25, 0.3) is 0 Å². The fraction of sp³-hybridized carbons (Fsp3) is 0.571. The van der Waals surface area contributed by atoms with Crippen molar-refractivity contribution in [3.63, 3.8) is 0 Å². The van der Waals surface area contributed by atoms with Gasteiger partial charge < -0.3 is 5.32 Å². The van der Waals surface area contributed by atoms with Gasteiger partial charge in [0.2, 0.25) is 0 Å². The Morgan fingerprint density at radius 1 is 1.22 bits per heavy atom. The SMILES string of the molecule is CC(C)CCCC(C)Nc1ccccc1[N+](=O)[O-]. The van der Waals surface area contributed by atoms with Gasteiger partial charge in [0, 0.05) is 12.1 Å². The number of nitrogens with one attached hydrogen (secondary N) is 1. The first-order valence-electron chi connectivity index (χ1n) is 6.50. The fourth-order valence-corrected chi connectivity index (χ4v) is 1.92. The molecule has 0 fully saturated rings. The van der Waals surface area contributed by atoms with Gasteiger partial charge in [-0.1, -0.05) is 38.8 Å². The predicted molar refractivity (Wildman–Crippen MR) is 74.9 cm³/mol. The smallest absolute Gasteiger partial charge is 0.292 e. The summed E-state index contributed by atoms with van der Waals surface area (Å²) in [7, 11) is 0. The third kappa shape index (κ3) is 4.73. The molecule has 0 saturated heterocycles. The van der Waals surface area contributed by atoms with Crippen molar-refractivity contribution in [2.24, 2.45) is 5.92 Å². The highest BCUT2D eigenvalue weighted by Crippen LogP contribution is 2.24. The largest absolute Gasteiger partial charge is 0.377 e. The van der Waals surface area contributed by atoms with E-state index >= 15 is 0 Å². The third-order valence-corrected chi connectivity index (χ3v) is 2.92. The number of nitro groups is 1. The fourth-order valence-electron chi connectivity index (χ4n) is 1.92. The van der Waals surface area contributed by atoms with Gasteiger partial charge in [-0.2, -0.15) is 0 Å². The van der Waals surface area contributed by atoms with E-state index in [9.17, 15) is 10.1 Å². The summed E-state index contributed by atoms with van der Waals surface area (Å²) >= 11 is 0. The molecule has 0 heterocycles. The van der Waals surface area contributed by atoms with Gasteiger partial charge in [0.25, 0.3) is 5.69 Å². The number of hydrogen-bond donors (Lipinski definition) is 1. The van der Waals surface area contributed by atoms with Crippen LogP contribution in [0.3, 0.4) is 0 Å². The van der Waals surface area contributed by atoms with Gasteiger partial charge in [-0.25, -0.2) is 0 Å². The van der Waals surface area contributed by atoms with Crippen molar-refractivity contribution in [1.29, 1.82) is 0 Å². The molecule has 18 heavy (non-hydrogen) atoms. The van der Waals surface area contributed by atoms with Gasteiger partial charge >= 0.3 is 0 Å². The van der Waals surface area contributed by atoms with Crippen molar-refractivity contribution in [1.82, 2.24) is 0 Å². The quantitative estimate of drug-likeness (QED) is 0.582. The molecule has 0 amide bonds. The lowest BCUT2D eigenvalue weighted by molar-refractivity contribution is -0.384. The molecule has 4 heteroatoms. The van der Waals surface area contributed by atoms with Crippen LogP contribution in [0.5, 0.6) is 0 Å². The number of hydrogen-bond acceptors (Lipinski definition) is 3. The lowest BCUT2D eigenvalue weighted by atomic mass is 10.0. The number of nitrogens with zero attached hydrogens (tertiary/aromatic N) is 1. The second-order valence-electron chi connectivity index (χ2n) is 5.14. The van der Waals surface area contributed by atoms with Crippen molar-refractivity contribution in [3.8, 4) is 0 Å². The highest BCUT2D eigenvalue weighted by Gasteiger charge is 2.13. The predicted octanol–water partition coefficient (Wildman–Crippen LogP) is 4.22. The number of anilines is 1. The minimum Gasteiger partial charge on any atom is -0.377 e. The topological polar surface area (TPSA) is 55.2 Å². The molecule has 0 radical (unpaired) electrons. The maximum absolute atomic E-state index is 10.9. The Hall–Kier alpha value is -1.58. The molecule has 4 nitrogen and oxygen atoms in total. The Morgan fingerprint density at radius 3 is 2.50 bits per heavy atom. The van der Waals surface area contributed by atoms with E-state index < -0.39 is 0 Å². The minimum absolute atomic E-state index is 0.146. The van der Waals surface area contributed by atoms with E-state index in [1.807, 2.05) is 6.07 Å². The Kier molecular flexibility index (Phi) is 5.62. The molecule has 0 aliphatic rings. The van der Waals surface area contributed by atoms with Gasteiger partial charge in [0.05, 0.1) is 4.92 Å². The molecule has 0 aromatic heterocycles. The maximum Gasteiger partial charge on any atom is 0.292 e. The normalized spacial score (nSPS) is 12.4. The number of benzene rings is 1. The molecule has 100 valence electrons. The van der Waals surface area contributed by atoms with Crippen molar-refractivity contribution in [3.05, 3.63) is 34.4 Å². The van der Waals surface area contributed by atoms with Crippen molar-refractivity contribution >= 4 is 11.4 Å². The highest BCUT2D eigenvalue weighted by atomic mass is 16.6. The molecule has 1 atom stereocenters. The van der Waals surface area contributed by atoms with Crippen molar-refractivity contribution in [2.75, 3.05) is 5.32 Å². The summed E-state index contributed by atoms with van der Waals surface area (Å²) in [6, 6.07) is 7.05. The van der Waals surface area contributed by atoms with Crippen LogP contribution in [0.1, 0.15) is 40.0 Å². The zero-order valence-electron chi connectivity index (χ0n) is 11.3. The van der Waals surface area contributed by atoms with Crippen LogP contribution < -0.4 is 5.32 Å². The molecule has 0 saturated carbocycles. The summed E-state index contributed by atoms with van der Waals surface area (Å²) in [5.74, 6) is 0.711. The molecular weight excluding hydrogens is 228 g/mol. The van der Waals surface area contributed by atoms with Gasteiger partial charge in [-0.3, -0.25) is 10.1 Å². The monoisotopic (exact) mass is 250 g/mol. The van der Waals surface area contributed by atoms with E-state index in [-0.39, 0.29) is 16.7 Å². The lowest BCUT2D eigenvalue weighted by Gasteiger charge is -2.15. The molecule has 0 aliphatic heterocycles. The zero-order chi connectivity index (χ0) is 13.5. The number of para-hydroxylation sites is 2. The minimum atomic E-state index is -0.344.